The van der Waals surface area contributed by atoms with Crippen molar-refractivity contribution in [1.82, 2.24) is 81.8 Å². The minimum absolute atomic E-state index is 0.0536. The summed E-state index contributed by atoms with van der Waals surface area (Å²) < 4.78 is 154. The minimum atomic E-state index is -3.78. The van der Waals surface area contributed by atoms with Crippen LogP contribution in [0.3, 0.4) is 0 Å². The van der Waals surface area contributed by atoms with Crippen LogP contribution in [-0.2, 0) is 65.5 Å². The molecule has 12 N–H and O–H groups in total. The molecule has 0 atom stereocenters. The van der Waals surface area contributed by atoms with Gasteiger partial charge in [-0.2, -0.15) is 0 Å². The molecule has 0 aliphatic carbocycles. The predicted molar refractivity (Wildman–Crippen MR) is 512 cm³/mol. The van der Waals surface area contributed by atoms with Gasteiger partial charge in [-0.15, -0.1) is 0 Å². The van der Waals surface area contributed by atoms with Gasteiger partial charge in [-0.05, 0) is 154 Å². The third-order valence-electron chi connectivity index (χ3n) is 20.7. The van der Waals surface area contributed by atoms with Crippen molar-refractivity contribution in [2.75, 3.05) is 51.1 Å². The normalized spacial score (nSPS) is 12.3. The Morgan fingerprint density at radius 1 is 0.295 bits per heavy atom. The molecule has 0 fully saturated rings. The largest absolute Gasteiger partial charge is 0.382 e. The summed E-state index contributed by atoms with van der Waals surface area (Å²) in [5, 5.41) is 25.6. The molecule has 680 valence electrons. The Balaban J connectivity index is 0.000000153. The summed E-state index contributed by atoms with van der Waals surface area (Å²) in [5.74, 6) is 1.77. The van der Waals surface area contributed by atoms with E-state index in [-0.39, 0.29) is 60.3 Å². The fourth-order valence-corrected chi connectivity index (χ4v) is 17.2. The van der Waals surface area contributed by atoms with E-state index < -0.39 is 60.3 Å². The molecule has 0 spiro atoms. The number of benzene rings is 8. The lowest BCUT2D eigenvalue weighted by Gasteiger charge is -2.09. The first kappa shape index (κ1) is 89.7. The van der Waals surface area contributed by atoms with Crippen LogP contribution in [0, 0.1) is 0 Å². The highest BCUT2D eigenvalue weighted by Crippen LogP contribution is 2.37. The van der Waals surface area contributed by atoms with Gasteiger partial charge < -0.3 is 62.3 Å². The molecular formula is C96H100N20O12S4. The average molecular weight is 1860 g/mol. The van der Waals surface area contributed by atoms with Crippen molar-refractivity contribution >= 4 is 62.6 Å². The molecule has 16 aromatic rings. The van der Waals surface area contributed by atoms with Crippen molar-refractivity contribution < 1.29 is 57.2 Å². The van der Waals surface area contributed by atoms with Gasteiger partial charge in [0.15, 0.2) is 108 Å². The maximum Gasteiger partial charge on any atom is 0.189 e. The van der Waals surface area contributed by atoms with Gasteiger partial charge in [0.25, 0.3) is 0 Å². The minimum Gasteiger partial charge on any atom is -0.382 e. The molecule has 0 aliphatic rings. The van der Waals surface area contributed by atoms with Crippen LogP contribution in [0.4, 0.5) is 23.3 Å². The molecule has 0 amide bonds. The molecule has 8 heterocycles. The summed E-state index contributed by atoms with van der Waals surface area (Å²) in [7, 11) is -6.43. The summed E-state index contributed by atoms with van der Waals surface area (Å²) in [6, 6.07) is 58.1. The number of nitrogens with two attached hydrogens (primary N) is 4. The Morgan fingerprint density at radius 3 is 0.841 bits per heavy atom. The lowest BCUT2D eigenvalue weighted by Crippen LogP contribution is -2.13. The van der Waals surface area contributed by atoms with Crippen LogP contribution in [0.25, 0.3) is 136 Å². The molecule has 8 aromatic carbocycles. The maximum atomic E-state index is 12.5. The third-order valence-corrected chi connectivity index (χ3v) is 29.2. The molecule has 0 aliphatic heterocycles. The van der Waals surface area contributed by atoms with Crippen molar-refractivity contribution in [2.24, 2.45) is 0 Å². The SMILES string of the molecule is [2H]C(C)(C)S(=O)(=O)c1ccc(-c2cnc(N)c(-c3cc(-c4ccc(CNC)cc4)no3)n2)cc1.[2H]c1c(-c2ccc(CNC)cc2)noc1-c1nc(-c2ccc(S(=O)(=O)C(C)C)cc2)cnc1N.[2H]c1cc(-c2cc(-c3nc(-c4ccc(S(=O)(=O)C(C)C)cc4)cnc3N)on2)ccc1CNC.[2H]c1cc(CNC)ccc1-c1cc(-c2nc(-c3ccc(S(=O)(=O)C(C)C)cc3)cnc2N)on1. The van der Waals surface area contributed by atoms with E-state index in [0.29, 0.717) is 133 Å². The number of nitrogens with one attached hydrogen (secondary N) is 4. The summed E-state index contributed by atoms with van der Waals surface area (Å²) in [6.07, 6.45) is 6.04. The summed E-state index contributed by atoms with van der Waals surface area (Å²) >= 11 is 0. The molecule has 8 aromatic heterocycles. The van der Waals surface area contributed by atoms with Gasteiger partial charge in [0, 0.05) is 96.3 Å². The second kappa shape index (κ2) is 41.7. The Labute approximate surface area is 771 Å². The zero-order chi connectivity index (χ0) is 97.9. The van der Waals surface area contributed by atoms with E-state index in [4.69, 9.17) is 46.5 Å². The topological polar surface area (TPSA) is 496 Å². The lowest BCUT2D eigenvalue weighted by atomic mass is 10.1. The molecule has 0 saturated carbocycles. The Kier molecular flexibility index (Phi) is 28.3. The molecule has 0 radical (unpaired) electrons. The standard InChI is InChI=1S/4C24H25N5O3S/c4*1-15(2)33(30,31)19-10-8-18(9-11-19)21-14-27-24(25)23(28-21)22-12-20(29-32-22)17-6-4-16(5-7-17)13-26-3/h4*4-12,14-15,26H,13H2,1-3H3,(H2,25,27)/i15D;12D;6D;4D. The summed E-state index contributed by atoms with van der Waals surface area (Å²) in [5.41, 5.74) is 39.3. The first-order valence-electron chi connectivity index (χ1n) is 43.5. The first-order chi connectivity index (χ1) is 64.7. The third kappa shape index (κ3) is 22.3. The molecule has 132 heavy (non-hydrogen) atoms. The molecule has 0 bridgehead atoms. The number of hydrogen-bond donors (Lipinski definition) is 8. The van der Waals surface area contributed by atoms with E-state index in [1.54, 1.807) is 157 Å². The van der Waals surface area contributed by atoms with Crippen molar-refractivity contribution in [3.05, 3.63) is 265 Å². The van der Waals surface area contributed by atoms with Gasteiger partial charge in [0.2, 0.25) is 0 Å². The van der Waals surface area contributed by atoms with Crippen LogP contribution in [-0.4, -0.2) is 143 Å². The quantitative estimate of drug-likeness (QED) is 0.0226. The second-order valence-electron chi connectivity index (χ2n) is 31.2. The number of nitrogen functional groups attached to an aromatic ring is 4. The predicted octanol–water partition coefficient (Wildman–Crippen LogP) is 15.8. The number of rotatable bonds is 28. The van der Waals surface area contributed by atoms with Crippen LogP contribution < -0.4 is 44.2 Å². The highest BCUT2D eigenvalue weighted by atomic mass is 32.2. The zero-order valence-corrected chi connectivity index (χ0v) is 77.4. The number of anilines is 4. The van der Waals surface area contributed by atoms with Gasteiger partial charge in [-0.3, -0.25) is 0 Å². The van der Waals surface area contributed by atoms with E-state index in [1.807, 2.05) is 101 Å². The number of hydrogen-bond acceptors (Lipinski definition) is 32. The number of aromatic nitrogens is 12. The van der Waals surface area contributed by atoms with E-state index in [1.165, 1.54) is 50.8 Å². The monoisotopic (exact) mass is 1860 g/mol. The van der Waals surface area contributed by atoms with E-state index in [9.17, 15) is 33.7 Å². The van der Waals surface area contributed by atoms with E-state index in [0.717, 1.165) is 52.0 Å². The Morgan fingerprint density at radius 2 is 0.538 bits per heavy atom. The van der Waals surface area contributed by atoms with Crippen molar-refractivity contribution in [3.63, 3.8) is 0 Å². The van der Waals surface area contributed by atoms with Crippen molar-refractivity contribution in [1.29, 1.82) is 0 Å². The van der Waals surface area contributed by atoms with Gasteiger partial charge in [0.1, 0.15) is 22.8 Å². The first-order valence-corrected chi connectivity index (χ1v) is 47.6. The summed E-state index contributed by atoms with van der Waals surface area (Å²) in [4.78, 5) is 36.0. The van der Waals surface area contributed by atoms with Gasteiger partial charge >= 0.3 is 0 Å². The molecular weight excluding hydrogens is 1750 g/mol. The summed E-state index contributed by atoms with van der Waals surface area (Å²) in [6.45, 7) is 15.3. The number of nitrogens with zero attached hydrogens (tertiary/aromatic N) is 12. The average Bonchev–Trinajstić information content (AvgIpc) is 1.01. The molecule has 0 saturated heterocycles. The van der Waals surface area contributed by atoms with Crippen LogP contribution in [0.5, 0.6) is 0 Å². The van der Waals surface area contributed by atoms with Crippen LogP contribution in [0.15, 0.2) is 281 Å². The highest BCUT2D eigenvalue weighted by Gasteiger charge is 2.27. The van der Waals surface area contributed by atoms with E-state index in [2.05, 4.69) is 81.8 Å². The molecule has 0 unspecified atom stereocenters. The smallest absolute Gasteiger partial charge is 0.189 e. The second-order valence-corrected chi connectivity index (χ2v) is 41.0. The van der Waals surface area contributed by atoms with Crippen molar-refractivity contribution in [2.45, 2.75) is 122 Å². The van der Waals surface area contributed by atoms with Gasteiger partial charge in [-0.1, -0.05) is 166 Å². The Hall–Kier alpha value is -14.2. The Bertz CT molecular complexity index is 7460. The fourth-order valence-electron chi connectivity index (χ4n) is 13.0. The van der Waals surface area contributed by atoms with E-state index >= 15 is 0 Å². The molecule has 16 rings (SSSR count). The zero-order valence-electron chi connectivity index (χ0n) is 78.1. The maximum absolute atomic E-state index is 12.5. The van der Waals surface area contributed by atoms with Crippen LogP contribution in [0.1, 0.15) is 83.1 Å². The number of sulfone groups is 4. The lowest BCUT2D eigenvalue weighted by molar-refractivity contribution is 0.433. The van der Waals surface area contributed by atoms with Crippen LogP contribution in [0.2, 0.25) is 0 Å². The van der Waals surface area contributed by atoms with Crippen LogP contribution >= 0.6 is 0 Å². The molecule has 36 heteroatoms. The van der Waals surface area contributed by atoms with Crippen molar-refractivity contribution in [3.8, 4) is 136 Å². The van der Waals surface area contributed by atoms with Gasteiger partial charge in [-0.25, -0.2) is 73.5 Å². The molecule has 32 nitrogen and oxygen atoms in total. The fraction of sp³-hybridized carbons (Fsp3) is 0.208. The highest BCUT2D eigenvalue weighted by molar-refractivity contribution is 7.92. The van der Waals surface area contributed by atoms with Gasteiger partial charge in [0.05, 0.1) is 92.2 Å².